The third kappa shape index (κ3) is 8.20. The standard InChI is InChI=1S/C8H10N2.C6H6NS.CH4O.W/c1-6-4-5-9-8(10-6)7-2-3-7;7-5-2-1-3-6(8)4-5;1-2;/h4-5,7H,2-3H2,1H3;1-4,7-8H;2H,1H3;/q;-1;;. The average Bonchev–Trinajstić information content (AvgIpc) is 3.26. The summed E-state index contributed by atoms with van der Waals surface area (Å²) in [5, 5.41) is 7.00. The van der Waals surface area contributed by atoms with E-state index in [1.165, 1.54) is 12.8 Å². The van der Waals surface area contributed by atoms with Crippen molar-refractivity contribution < 1.29 is 26.2 Å². The predicted molar refractivity (Wildman–Crippen MR) is 84.6 cm³/mol. The summed E-state index contributed by atoms with van der Waals surface area (Å²) in [5.74, 6) is 1.72. The first-order valence-electron chi connectivity index (χ1n) is 6.40. The zero-order valence-electron chi connectivity index (χ0n) is 12.2. The zero-order chi connectivity index (χ0) is 15.0. The molecule has 0 atom stereocenters. The Kier molecular flexibility index (Phi) is 10.3. The van der Waals surface area contributed by atoms with Crippen molar-refractivity contribution in [2.24, 2.45) is 0 Å². The summed E-state index contributed by atoms with van der Waals surface area (Å²) >= 11 is 4.03. The summed E-state index contributed by atoms with van der Waals surface area (Å²) in [6, 6.07) is 9.01. The molecule has 4 nitrogen and oxygen atoms in total. The molecule has 1 aromatic carbocycles. The maximum atomic E-state index is 7.09. The van der Waals surface area contributed by atoms with Gasteiger partial charge in [-0.2, -0.15) is 0 Å². The SMILES string of the molecule is CO.Cc1ccnc(C2CC2)n1.[NH-]c1cccc(S)c1.[W]. The fourth-order valence-electron chi connectivity index (χ4n) is 1.51. The minimum atomic E-state index is 0. The molecule has 1 aliphatic carbocycles. The van der Waals surface area contributed by atoms with E-state index in [1.54, 1.807) is 12.1 Å². The number of aryl methyl sites for hydroxylation is 1. The molecule has 1 saturated carbocycles. The van der Waals surface area contributed by atoms with Crippen LogP contribution in [0.5, 0.6) is 0 Å². The Labute approximate surface area is 145 Å². The van der Waals surface area contributed by atoms with Crippen molar-refractivity contribution in [3.63, 3.8) is 0 Å². The van der Waals surface area contributed by atoms with E-state index >= 15 is 0 Å². The molecule has 2 N–H and O–H groups in total. The number of aromatic nitrogens is 2. The number of nitrogens with zero attached hydrogens (tertiary/aromatic N) is 2. The van der Waals surface area contributed by atoms with E-state index in [4.69, 9.17) is 10.8 Å². The normalized spacial score (nSPS) is 12.0. The molecule has 0 saturated heterocycles. The molecule has 3 rings (SSSR count). The Morgan fingerprint density at radius 2 is 1.90 bits per heavy atom. The van der Waals surface area contributed by atoms with Crippen LogP contribution in [0.4, 0.5) is 5.69 Å². The summed E-state index contributed by atoms with van der Waals surface area (Å²) in [6.45, 7) is 2.01. The third-order valence-corrected chi connectivity index (χ3v) is 2.88. The Morgan fingerprint density at radius 1 is 1.24 bits per heavy atom. The van der Waals surface area contributed by atoms with Crippen LogP contribution in [0.1, 0.15) is 30.3 Å². The molecule has 21 heavy (non-hydrogen) atoms. The molecule has 0 bridgehead atoms. The van der Waals surface area contributed by atoms with Gasteiger partial charge in [-0.25, -0.2) is 9.97 Å². The summed E-state index contributed by atoms with van der Waals surface area (Å²) in [5.41, 5.74) is 8.68. The molecule has 0 unspecified atom stereocenters. The maximum absolute atomic E-state index is 7.09. The van der Waals surface area contributed by atoms with Crippen molar-refractivity contribution in [1.29, 1.82) is 0 Å². The number of nitrogens with one attached hydrogen (secondary N) is 1. The quantitative estimate of drug-likeness (QED) is 0.616. The van der Waals surface area contributed by atoms with E-state index in [0.29, 0.717) is 11.6 Å². The van der Waals surface area contributed by atoms with Crippen molar-refractivity contribution in [1.82, 2.24) is 9.97 Å². The number of benzene rings is 1. The van der Waals surface area contributed by atoms with Crippen LogP contribution >= 0.6 is 12.6 Å². The van der Waals surface area contributed by atoms with E-state index in [1.807, 2.05) is 31.3 Å². The molecule has 1 aromatic heterocycles. The Balaban J connectivity index is 0.000000334. The molecule has 1 fully saturated rings. The monoisotopic (exact) mass is 474 g/mol. The van der Waals surface area contributed by atoms with E-state index in [9.17, 15) is 0 Å². The molecule has 2 aromatic rings. The first kappa shape index (κ1) is 20.1. The van der Waals surface area contributed by atoms with Crippen molar-refractivity contribution in [3.05, 3.63) is 53.8 Å². The number of rotatable bonds is 1. The topological polar surface area (TPSA) is 69.8 Å². The van der Waals surface area contributed by atoms with Crippen LogP contribution in [-0.4, -0.2) is 22.2 Å². The van der Waals surface area contributed by atoms with Crippen molar-refractivity contribution in [3.8, 4) is 0 Å². The van der Waals surface area contributed by atoms with Gasteiger partial charge in [0.2, 0.25) is 0 Å². The Hall–Kier alpha value is -0.902. The second kappa shape index (κ2) is 10.8. The summed E-state index contributed by atoms with van der Waals surface area (Å²) < 4.78 is 0. The molecular formula is C15H20N3OSW-. The van der Waals surface area contributed by atoms with Gasteiger partial charge >= 0.3 is 0 Å². The van der Waals surface area contributed by atoms with Crippen molar-refractivity contribution in [2.45, 2.75) is 30.6 Å². The zero-order valence-corrected chi connectivity index (χ0v) is 16.0. The fourth-order valence-corrected chi connectivity index (χ4v) is 1.74. The third-order valence-electron chi connectivity index (χ3n) is 2.60. The second-order valence-corrected chi connectivity index (χ2v) is 4.90. The van der Waals surface area contributed by atoms with Gasteiger partial charge in [0, 0.05) is 50.9 Å². The van der Waals surface area contributed by atoms with Gasteiger partial charge in [-0.05, 0) is 31.9 Å². The number of hydrogen-bond acceptors (Lipinski definition) is 4. The molecule has 0 aliphatic heterocycles. The summed E-state index contributed by atoms with van der Waals surface area (Å²) in [7, 11) is 1.00. The van der Waals surface area contributed by atoms with Gasteiger partial charge < -0.3 is 10.8 Å². The van der Waals surface area contributed by atoms with Gasteiger partial charge in [0.05, 0.1) is 0 Å². The fraction of sp³-hybridized carbons (Fsp3) is 0.333. The molecule has 114 valence electrons. The molecule has 1 aliphatic rings. The van der Waals surface area contributed by atoms with Crippen LogP contribution in [0.2, 0.25) is 0 Å². The number of thiol groups is 1. The summed E-state index contributed by atoms with van der Waals surface area (Å²) in [6.07, 6.45) is 4.41. The largest absolute Gasteiger partial charge is 0.699 e. The maximum Gasteiger partial charge on any atom is 0.131 e. The van der Waals surface area contributed by atoms with Gasteiger partial charge in [-0.15, -0.1) is 18.3 Å². The molecule has 6 heteroatoms. The minimum absolute atomic E-state index is 0. The van der Waals surface area contributed by atoms with E-state index < -0.39 is 0 Å². The van der Waals surface area contributed by atoms with Gasteiger partial charge in [-0.1, -0.05) is 18.2 Å². The predicted octanol–water partition coefficient (Wildman–Crippen LogP) is 3.93. The van der Waals surface area contributed by atoms with Crippen molar-refractivity contribution in [2.75, 3.05) is 7.11 Å². The summed E-state index contributed by atoms with van der Waals surface area (Å²) in [4.78, 5) is 9.36. The first-order chi connectivity index (χ1) is 9.65. The van der Waals surface area contributed by atoms with Crippen LogP contribution in [0.25, 0.3) is 5.73 Å². The Bertz CT molecular complexity index is 519. The van der Waals surface area contributed by atoms with Crippen LogP contribution in [0, 0.1) is 6.92 Å². The van der Waals surface area contributed by atoms with Crippen LogP contribution in [0.3, 0.4) is 0 Å². The molecule has 0 spiro atoms. The van der Waals surface area contributed by atoms with Crippen molar-refractivity contribution >= 4 is 18.3 Å². The van der Waals surface area contributed by atoms with Gasteiger partial charge in [0.25, 0.3) is 0 Å². The van der Waals surface area contributed by atoms with Crippen LogP contribution in [-0.2, 0) is 21.1 Å². The second-order valence-electron chi connectivity index (χ2n) is 4.38. The van der Waals surface area contributed by atoms with E-state index in [2.05, 4.69) is 22.6 Å². The number of hydrogen-bond donors (Lipinski definition) is 2. The molecule has 0 radical (unpaired) electrons. The number of aliphatic hydroxyl groups is 1. The average molecular weight is 474 g/mol. The molecule has 0 amide bonds. The molecular weight excluding hydrogens is 454 g/mol. The van der Waals surface area contributed by atoms with Gasteiger partial charge in [0.15, 0.2) is 0 Å². The van der Waals surface area contributed by atoms with Crippen LogP contribution < -0.4 is 0 Å². The van der Waals surface area contributed by atoms with Gasteiger partial charge in [0.1, 0.15) is 5.82 Å². The van der Waals surface area contributed by atoms with E-state index in [0.717, 1.165) is 23.5 Å². The van der Waals surface area contributed by atoms with Gasteiger partial charge in [-0.3, -0.25) is 0 Å². The van der Waals surface area contributed by atoms with Crippen LogP contribution in [0.15, 0.2) is 41.4 Å². The minimum Gasteiger partial charge on any atom is -0.699 e. The smallest absolute Gasteiger partial charge is 0.131 e. The molecule has 1 heterocycles. The number of aliphatic hydroxyl groups excluding tert-OH is 1. The Morgan fingerprint density at radius 3 is 2.33 bits per heavy atom. The van der Waals surface area contributed by atoms with E-state index in [-0.39, 0.29) is 21.1 Å². The first-order valence-corrected chi connectivity index (χ1v) is 6.85.